The lowest BCUT2D eigenvalue weighted by atomic mass is 10.0. The number of hydrogen-bond acceptors (Lipinski definition) is 3. The highest BCUT2D eigenvalue weighted by Crippen LogP contribution is 2.19. The number of Topliss-reactive ketones (excluding diaryl/α,β-unsaturated/α-hetero) is 1. The molecular weight excluding hydrogens is 312 g/mol. The third kappa shape index (κ3) is 4.12. The molecule has 0 aliphatic carbocycles. The summed E-state index contributed by atoms with van der Waals surface area (Å²) >= 11 is 0. The van der Waals surface area contributed by atoms with Crippen LogP contribution in [0, 0.1) is 0 Å². The molecule has 0 fully saturated rings. The number of nitrogen functional groups attached to an aromatic ring is 1. The van der Waals surface area contributed by atoms with E-state index in [1.807, 2.05) is 54.6 Å². The summed E-state index contributed by atoms with van der Waals surface area (Å²) < 4.78 is 0. The Hall–Kier alpha value is -3.40. The van der Waals surface area contributed by atoms with Gasteiger partial charge >= 0.3 is 0 Å². The largest absolute Gasteiger partial charge is 0.399 e. The average Bonchev–Trinajstić information content (AvgIpc) is 2.67. The summed E-state index contributed by atoms with van der Waals surface area (Å²) in [5.74, 6) is -1.17. The Bertz CT molecular complexity index is 870. The normalized spacial score (nSPS) is 10.2. The van der Waals surface area contributed by atoms with Gasteiger partial charge < -0.3 is 11.1 Å². The molecule has 3 aromatic rings. The molecule has 1 amide bonds. The van der Waals surface area contributed by atoms with E-state index in [9.17, 15) is 9.59 Å². The summed E-state index contributed by atoms with van der Waals surface area (Å²) in [6, 6.07) is 24.0. The van der Waals surface area contributed by atoms with Gasteiger partial charge in [-0.25, -0.2) is 0 Å². The minimum atomic E-state index is -0.621. The predicted molar refractivity (Wildman–Crippen MR) is 98.9 cm³/mol. The number of ketones is 1. The van der Waals surface area contributed by atoms with Crippen molar-refractivity contribution in [1.29, 1.82) is 0 Å². The summed E-state index contributed by atoms with van der Waals surface area (Å²) in [6.07, 6.45) is 0. The van der Waals surface area contributed by atoms with Crippen molar-refractivity contribution in [2.45, 2.75) is 6.54 Å². The highest BCUT2D eigenvalue weighted by Gasteiger charge is 2.15. The highest BCUT2D eigenvalue weighted by atomic mass is 16.2. The minimum absolute atomic E-state index is 0.285. The van der Waals surface area contributed by atoms with Gasteiger partial charge in [0.1, 0.15) is 0 Å². The van der Waals surface area contributed by atoms with E-state index >= 15 is 0 Å². The van der Waals surface area contributed by atoms with Gasteiger partial charge in [0.25, 0.3) is 5.91 Å². The van der Waals surface area contributed by atoms with Crippen LogP contribution in [-0.4, -0.2) is 11.7 Å². The fourth-order valence-electron chi connectivity index (χ4n) is 2.47. The second kappa shape index (κ2) is 7.45. The molecule has 4 nitrogen and oxygen atoms in total. The first-order chi connectivity index (χ1) is 12.1. The fraction of sp³-hybridized carbons (Fsp3) is 0.0476. The molecule has 0 aliphatic heterocycles. The van der Waals surface area contributed by atoms with Crippen LogP contribution in [0.2, 0.25) is 0 Å². The third-order valence-corrected chi connectivity index (χ3v) is 3.89. The van der Waals surface area contributed by atoms with Crippen molar-refractivity contribution < 1.29 is 9.59 Å². The highest BCUT2D eigenvalue weighted by molar-refractivity contribution is 6.42. The summed E-state index contributed by atoms with van der Waals surface area (Å²) in [5, 5.41) is 2.63. The van der Waals surface area contributed by atoms with Crippen molar-refractivity contribution in [3.05, 3.63) is 90.0 Å². The molecule has 0 heterocycles. The Morgan fingerprint density at radius 3 is 2.00 bits per heavy atom. The van der Waals surface area contributed by atoms with Gasteiger partial charge in [0, 0.05) is 17.8 Å². The van der Waals surface area contributed by atoms with E-state index in [4.69, 9.17) is 5.73 Å². The predicted octanol–water partition coefficient (Wildman–Crippen LogP) is 3.43. The van der Waals surface area contributed by atoms with Gasteiger partial charge in [0.15, 0.2) is 0 Å². The average molecular weight is 330 g/mol. The molecule has 0 radical (unpaired) electrons. The van der Waals surface area contributed by atoms with E-state index in [1.165, 1.54) is 0 Å². The van der Waals surface area contributed by atoms with Crippen molar-refractivity contribution >= 4 is 17.4 Å². The Morgan fingerprint density at radius 1 is 0.760 bits per heavy atom. The number of amides is 1. The zero-order valence-corrected chi connectivity index (χ0v) is 13.6. The van der Waals surface area contributed by atoms with Crippen LogP contribution in [0.15, 0.2) is 78.9 Å². The van der Waals surface area contributed by atoms with Gasteiger partial charge in [0.2, 0.25) is 5.78 Å². The van der Waals surface area contributed by atoms with Crippen LogP contribution in [0.5, 0.6) is 0 Å². The van der Waals surface area contributed by atoms with Crippen LogP contribution < -0.4 is 11.1 Å². The van der Waals surface area contributed by atoms with Crippen LogP contribution in [0.1, 0.15) is 15.9 Å². The molecule has 3 N–H and O–H groups in total. The second-order valence-corrected chi connectivity index (χ2v) is 5.70. The third-order valence-electron chi connectivity index (χ3n) is 3.89. The Kier molecular flexibility index (Phi) is 4.90. The molecule has 0 unspecified atom stereocenters. The van der Waals surface area contributed by atoms with Crippen molar-refractivity contribution in [2.75, 3.05) is 5.73 Å². The number of carbonyl (C=O) groups is 2. The van der Waals surface area contributed by atoms with Gasteiger partial charge in [-0.05, 0) is 28.8 Å². The van der Waals surface area contributed by atoms with Gasteiger partial charge in [-0.15, -0.1) is 0 Å². The maximum Gasteiger partial charge on any atom is 0.292 e. The maximum atomic E-state index is 12.2. The lowest BCUT2D eigenvalue weighted by Gasteiger charge is -2.06. The smallest absolute Gasteiger partial charge is 0.292 e. The summed E-state index contributed by atoms with van der Waals surface area (Å²) in [4.78, 5) is 24.3. The zero-order chi connectivity index (χ0) is 17.6. The van der Waals surface area contributed by atoms with Crippen LogP contribution in [0.4, 0.5) is 5.69 Å². The first-order valence-electron chi connectivity index (χ1n) is 7.96. The van der Waals surface area contributed by atoms with Crippen molar-refractivity contribution in [3.8, 4) is 11.1 Å². The topological polar surface area (TPSA) is 72.2 Å². The molecule has 0 atom stereocenters. The second-order valence-electron chi connectivity index (χ2n) is 5.70. The Balaban J connectivity index is 1.64. The Labute approximate surface area is 146 Å². The number of benzene rings is 3. The van der Waals surface area contributed by atoms with Crippen LogP contribution in [-0.2, 0) is 11.3 Å². The number of nitrogens with two attached hydrogens (primary N) is 1. The molecule has 0 saturated carbocycles. The number of anilines is 1. The van der Waals surface area contributed by atoms with Crippen molar-refractivity contribution in [2.24, 2.45) is 0 Å². The number of nitrogens with one attached hydrogen (secondary N) is 1. The molecule has 3 aromatic carbocycles. The number of hydrogen-bond donors (Lipinski definition) is 2. The lowest BCUT2D eigenvalue weighted by molar-refractivity contribution is -0.117. The van der Waals surface area contributed by atoms with E-state index in [2.05, 4.69) is 5.32 Å². The quantitative estimate of drug-likeness (QED) is 0.428. The summed E-state index contributed by atoms with van der Waals surface area (Å²) in [5.41, 5.74) is 9.59. The zero-order valence-electron chi connectivity index (χ0n) is 13.6. The van der Waals surface area contributed by atoms with Gasteiger partial charge in [-0.3, -0.25) is 9.59 Å². The first kappa shape index (κ1) is 16.5. The van der Waals surface area contributed by atoms with Crippen molar-refractivity contribution in [1.82, 2.24) is 5.32 Å². The molecule has 4 heteroatoms. The van der Waals surface area contributed by atoms with E-state index in [0.29, 0.717) is 11.3 Å². The van der Waals surface area contributed by atoms with Crippen molar-refractivity contribution in [3.63, 3.8) is 0 Å². The molecule has 0 aliphatic rings. The SMILES string of the molecule is Nc1ccc(CNC(=O)C(=O)c2ccc(-c3ccccc3)cc2)cc1. The van der Waals surface area contributed by atoms with Crippen LogP contribution >= 0.6 is 0 Å². The maximum absolute atomic E-state index is 12.2. The molecule has 124 valence electrons. The first-order valence-corrected chi connectivity index (χ1v) is 7.96. The van der Waals surface area contributed by atoms with Crippen LogP contribution in [0.25, 0.3) is 11.1 Å². The molecule has 0 bridgehead atoms. The molecule has 0 spiro atoms. The number of carbonyl (C=O) groups excluding carboxylic acids is 2. The van der Waals surface area contributed by atoms with Gasteiger partial charge in [-0.2, -0.15) is 0 Å². The van der Waals surface area contributed by atoms with E-state index in [-0.39, 0.29) is 6.54 Å². The summed E-state index contributed by atoms with van der Waals surface area (Å²) in [6.45, 7) is 0.285. The molecule has 3 rings (SSSR count). The number of rotatable bonds is 5. The Morgan fingerprint density at radius 2 is 1.36 bits per heavy atom. The van der Waals surface area contributed by atoms with Gasteiger partial charge in [-0.1, -0.05) is 66.7 Å². The van der Waals surface area contributed by atoms with E-state index in [1.54, 1.807) is 24.3 Å². The summed E-state index contributed by atoms with van der Waals surface area (Å²) in [7, 11) is 0. The molecular formula is C21H18N2O2. The van der Waals surface area contributed by atoms with E-state index in [0.717, 1.165) is 16.7 Å². The van der Waals surface area contributed by atoms with E-state index < -0.39 is 11.7 Å². The lowest BCUT2D eigenvalue weighted by Crippen LogP contribution is -2.30. The molecule has 0 saturated heterocycles. The monoisotopic (exact) mass is 330 g/mol. The van der Waals surface area contributed by atoms with Crippen LogP contribution in [0.3, 0.4) is 0 Å². The molecule has 25 heavy (non-hydrogen) atoms. The fourth-order valence-corrected chi connectivity index (χ4v) is 2.47. The molecule has 0 aromatic heterocycles. The minimum Gasteiger partial charge on any atom is -0.399 e. The van der Waals surface area contributed by atoms with Gasteiger partial charge in [0.05, 0.1) is 0 Å². The standard InChI is InChI=1S/C21H18N2O2/c22-19-12-6-15(7-13-19)14-23-21(25)20(24)18-10-8-17(9-11-18)16-4-2-1-3-5-16/h1-13H,14,22H2,(H,23,25).